The van der Waals surface area contributed by atoms with Gasteiger partial charge in [-0.15, -0.1) is 0 Å². The molecule has 3 heterocycles. The van der Waals surface area contributed by atoms with Gasteiger partial charge in [0.15, 0.2) is 0 Å². The van der Waals surface area contributed by atoms with Crippen LogP contribution in [0.1, 0.15) is 82.6 Å². The van der Waals surface area contributed by atoms with Gasteiger partial charge in [-0.1, -0.05) is 20.8 Å². The van der Waals surface area contributed by atoms with Crippen LogP contribution in [0.5, 0.6) is 0 Å². The fourth-order valence-corrected chi connectivity index (χ4v) is 4.98. The Kier molecular flexibility index (Phi) is 8.78. The number of nitriles is 1. The Morgan fingerprint density at radius 2 is 1.85 bits per heavy atom. The summed E-state index contributed by atoms with van der Waals surface area (Å²) >= 11 is 0. The molecule has 41 heavy (non-hydrogen) atoms. The highest BCUT2D eigenvalue weighted by Gasteiger charge is 2.30. The van der Waals surface area contributed by atoms with Gasteiger partial charge in [-0.05, 0) is 69.7 Å². The second-order valence-electron chi connectivity index (χ2n) is 12.6. The monoisotopic (exact) mass is 562 g/mol. The maximum atomic E-state index is 14.4. The van der Waals surface area contributed by atoms with E-state index in [2.05, 4.69) is 26.8 Å². The molecule has 0 unspecified atom stereocenters. The third kappa shape index (κ3) is 7.27. The Labute approximate surface area is 240 Å². The van der Waals surface area contributed by atoms with Crippen LogP contribution in [0, 0.1) is 22.7 Å². The van der Waals surface area contributed by atoms with Gasteiger partial charge in [-0.25, -0.2) is 8.91 Å². The number of carbonyl (C=O) groups excluding carboxylic acids is 2. The number of fused-ring (bicyclic) bond motifs is 1. The first-order valence-corrected chi connectivity index (χ1v) is 14.1. The van der Waals surface area contributed by atoms with Crippen LogP contribution in [0.25, 0.3) is 16.9 Å². The molecule has 1 aliphatic rings. The zero-order valence-corrected chi connectivity index (χ0v) is 24.4. The lowest BCUT2D eigenvalue weighted by atomic mass is 9.78. The predicted octanol–water partition coefficient (Wildman–Crippen LogP) is 5.08. The lowest BCUT2D eigenvalue weighted by Crippen LogP contribution is -2.42. The van der Waals surface area contributed by atoms with Crippen molar-refractivity contribution in [1.82, 2.24) is 19.9 Å². The van der Waals surface area contributed by atoms with E-state index < -0.39 is 17.7 Å². The number of nitrogens with zero attached hydrogens (tertiary/aromatic N) is 4. The van der Waals surface area contributed by atoms with E-state index in [-0.39, 0.29) is 29.3 Å². The molecule has 1 saturated carbocycles. The lowest BCUT2D eigenvalue weighted by Gasteiger charge is -2.31. The molecule has 0 aromatic carbocycles. The van der Waals surface area contributed by atoms with Crippen LogP contribution in [0.2, 0.25) is 0 Å². The number of Topliss-reactive ketones (excluding diaryl/α,β-unsaturated/α-hetero) is 1. The Balaban J connectivity index is 1.57. The van der Waals surface area contributed by atoms with Crippen LogP contribution < -0.4 is 10.6 Å². The standard InChI is InChI=1S/C31H39FN6O3/c1-30(2,3)28(39)13-19-6-8-21(9-7-19)37-24-14-25(26-11-10-22-12-20(15-33)16-36-38(22)26)34-17-23(24)29(40)35-18-27(32)31(4,5)41/h10-12,14,16-17,19,21,27,41H,6-9,13,18H2,1-5H3,(H,34,37)(H,35,40)/t19?,21?,27-/m1/s1. The van der Waals surface area contributed by atoms with Crippen LogP contribution in [0.3, 0.4) is 0 Å². The van der Waals surface area contributed by atoms with Crippen LogP contribution in [0.4, 0.5) is 10.1 Å². The van der Waals surface area contributed by atoms with E-state index in [1.807, 2.05) is 32.9 Å². The highest BCUT2D eigenvalue weighted by Crippen LogP contribution is 2.33. The van der Waals surface area contributed by atoms with E-state index >= 15 is 0 Å². The number of halogens is 1. The Morgan fingerprint density at radius 1 is 1.15 bits per heavy atom. The van der Waals surface area contributed by atoms with Crippen molar-refractivity contribution in [2.24, 2.45) is 11.3 Å². The number of anilines is 1. The van der Waals surface area contributed by atoms with Crippen molar-refractivity contribution in [3.8, 4) is 17.5 Å². The quantitative estimate of drug-likeness (QED) is 0.331. The second-order valence-corrected chi connectivity index (χ2v) is 12.6. The number of rotatable bonds is 9. The topological polar surface area (TPSA) is 132 Å². The van der Waals surface area contributed by atoms with E-state index in [1.54, 1.807) is 16.6 Å². The van der Waals surface area contributed by atoms with Gasteiger partial charge in [-0.2, -0.15) is 10.4 Å². The van der Waals surface area contributed by atoms with E-state index in [0.29, 0.717) is 35.0 Å². The smallest absolute Gasteiger partial charge is 0.255 e. The molecule has 1 aliphatic carbocycles. The molecule has 3 aromatic heterocycles. The summed E-state index contributed by atoms with van der Waals surface area (Å²) in [5.41, 5.74) is 1.34. The van der Waals surface area contributed by atoms with Gasteiger partial charge in [0.2, 0.25) is 0 Å². The van der Waals surface area contributed by atoms with Crippen molar-refractivity contribution in [2.75, 3.05) is 11.9 Å². The number of aliphatic hydroxyl groups is 1. The van der Waals surface area contributed by atoms with Crippen molar-refractivity contribution < 1.29 is 19.1 Å². The minimum absolute atomic E-state index is 0.0865. The molecule has 0 spiro atoms. The minimum atomic E-state index is -1.64. The zero-order valence-electron chi connectivity index (χ0n) is 24.4. The maximum absolute atomic E-state index is 14.4. The number of pyridine rings is 1. The normalized spacial score (nSPS) is 18.5. The number of carbonyl (C=O) groups is 2. The van der Waals surface area contributed by atoms with Crippen LogP contribution in [-0.2, 0) is 4.79 Å². The number of hydrogen-bond acceptors (Lipinski definition) is 7. The number of alkyl halides is 1. The molecule has 218 valence electrons. The van der Waals surface area contributed by atoms with E-state index in [1.165, 1.54) is 26.2 Å². The summed E-state index contributed by atoms with van der Waals surface area (Å²) in [7, 11) is 0. The third-order valence-corrected chi connectivity index (χ3v) is 7.77. The number of ketones is 1. The molecule has 4 rings (SSSR count). The fraction of sp³-hybridized carbons (Fsp3) is 0.516. The summed E-state index contributed by atoms with van der Waals surface area (Å²) in [6.07, 6.45) is 5.38. The molecule has 0 aliphatic heterocycles. The molecule has 9 nitrogen and oxygen atoms in total. The summed E-state index contributed by atoms with van der Waals surface area (Å²) in [6.45, 7) is 8.23. The average Bonchev–Trinajstić information content (AvgIpc) is 3.34. The molecule has 0 bridgehead atoms. The summed E-state index contributed by atoms with van der Waals surface area (Å²) in [5, 5.41) is 29.6. The first-order valence-electron chi connectivity index (χ1n) is 14.1. The molecule has 0 radical (unpaired) electrons. The van der Waals surface area contributed by atoms with Crippen molar-refractivity contribution >= 4 is 22.9 Å². The SMILES string of the molecule is CC(C)(C)C(=O)CC1CCC(Nc2cc(-c3ccc4cc(C#N)cnn34)ncc2C(=O)NC[C@@H](F)C(C)(C)O)CC1. The van der Waals surface area contributed by atoms with Gasteiger partial charge in [0.25, 0.3) is 5.91 Å². The molecule has 3 N–H and O–H groups in total. The van der Waals surface area contributed by atoms with Crippen LogP contribution in [-0.4, -0.2) is 55.8 Å². The van der Waals surface area contributed by atoms with Gasteiger partial charge >= 0.3 is 0 Å². The van der Waals surface area contributed by atoms with Crippen molar-refractivity contribution in [2.45, 2.75) is 84.5 Å². The van der Waals surface area contributed by atoms with Crippen molar-refractivity contribution in [3.63, 3.8) is 0 Å². The molecule has 1 amide bonds. The van der Waals surface area contributed by atoms with Gasteiger partial charge in [0.1, 0.15) is 18.0 Å². The molecular formula is C31H39FN6O3. The largest absolute Gasteiger partial charge is 0.387 e. The van der Waals surface area contributed by atoms with E-state index in [4.69, 9.17) is 0 Å². The summed E-state index contributed by atoms with van der Waals surface area (Å²) < 4.78 is 16.0. The molecule has 0 saturated heterocycles. The number of amides is 1. The molecule has 3 aromatic rings. The maximum Gasteiger partial charge on any atom is 0.255 e. The summed E-state index contributed by atoms with van der Waals surface area (Å²) in [4.78, 5) is 30.2. The Morgan fingerprint density at radius 3 is 2.49 bits per heavy atom. The van der Waals surface area contributed by atoms with E-state index in [0.717, 1.165) is 31.2 Å². The van der Waals surface area contributed by atoms with Gasteiger partial charge in [0, 0.05) is 24.1 Å². The van der Waals surface area contributed by atoms with Gasteiger partial charge < -0.3 is 15.7 Å². The molecule has 10 heteroatoms. The molecule has 1 atom stereocenters. The van der Waals surface area contributed by atoms with Crippen molar-refractivity contribution in [3.05, 3.63) is 47.8 Å². The van der Waals surface area contributed by atoms with Gasteiger partial charge in [-0.3, -0.25) is 14.6 Å². The summed E-state index contributed by atoms with van der Waals surface area (Å²) in [6, 6.07) is 9.39. The minimum Gasteiger partial charge on any atom is -0.387 e. The first-order chi connectivity index (χ1) is 19.3. The number of hydrogen-bond donors (Lipinski definition) is 3. The molecular weight excluding hydrogens is 523 g/mol. The highest BCUT2D eigenvalue weighted by atomic mass is 19.1. The second kappa shape index (κ2) is 12.0. The summed E-state index contributed by atoms with van der Waals surface area (Å²) in [5.74, 6) is 0.119. The number of aromatic nitrogens is 3. The van der Waals surface area contributed by atoms with Crippen LogP contribution >= 0.6 is 0 Å². The van der Waals surface area contributed by atoms with Crippen molar-refractivity contribution in [1.29, 1.82) is 5.26 Å². The lowest BCUT2D eigenvalue weighted by molar-refractivity contribution is -0.127. The predicted molar refractivity (Wildman–Crippen MR) is 155 cm³/mol. The van der Waals surface area contributed by atoms with Gasteiger partial charge in [0.05, 0.1) is 52.1 Å². The number of nitrogens with one attached hydrogen (secondary N) is 2. The Bertz CT molecular complexity index is 1460. The zero-order chi connectivity index (χ0) is 29.9. The third-order valence-electron chi connectivity index (χ3n) is 7.77. The Hall–Kier alpha value is -3.84. The molecule has 1 fully saturated rings. The average molecular weight is 563 g/mol. The van der Waals surface area contributed by atoms with E-state index in [9.17, 15) is 24.3 Å². The fourth-order valence-electron chi connectivity index (χ4n) is 4.98. The van der Waals surface area contributed by atoms with Crippen LogP contribution in [0.15, 0.2) is 36.7 Å². The highest BCUT2D eigenvalue weighted by molar-refractivity contribution is 6.00. The first kappa shape index (κ1) is 30.1.